The zero-order valence-electron chi connectivity index (χ0n) is 11.6. The Balaban J connectivity index is 2.54. The Kier molecular flexibility index (Phi) is 4.48. The molecule has 0 bridgehead atoms. The predicted molar refractivity (Wildman–Crippen MR) is 80.5 cm³/mol. The van der Waals surface area contributed by atoms with Crippen LogP contribution in [0.2, 0.25) is 0 Å². The Morgan fingerprint density at radius 2 is 1.95 bits per heavy atom. The lowest BCUT2D eigenvalue weighted by Gasteiger charge is -2.27. The highest BCUT2D eigenvalue weighted by Gasteiger charge is 2.34. The molecule has 0 N–H and O–H groups in total. The summed E-state index contributed by atoms with van der Waals surface area (Å²) in [6.07, 6.45) is 0. The van der Waals surface area contributed by atoms with Gasteiger partial charge in [-0.05, 0) is 25.4 Å². The maximum absolute atomic E-state index is 12.7. The van der Waals surface area contributed by atoms with Gasteiger partial charge in [0.05, 0.1) is 16.3 Å². The van der Waals surface area contributed by atoms with Crippen LogP contribution in [-0.2, 0) is 21.0 Å². The molecule has 7 nitrogen and oxygen atoms in total. The molecule has 0 aliphatic carbocycles. The molecule has 1 unspecified atom stereocenters. The van der Waals surface area contributed by atoms with Crippen molar-refractivity contribution >= 4 is 26.7 Å². The highest BCUT2D eigenvalue weighted by Crippen LogP contribution is 2.30. The summed E-state index contributed by atoms with van der Waals surface area (Å²) in [5, 5.41) is 3.39. The quantitative estimate of drug-likeness (QED) is 0.369. The van der Waals surface area contributed by atoms with Crippen LogP contribution in [0.4, 0.5) is 5.69 Å². The van der Waals surface area contributed by atoms with Crippen molar-refractivity contribution in [3.63, 3.8) is 0 Å². The van der Waals surface area contributed by atoms with Crippen molar-refractivity contribution in [2.75, 3.05) is 12.3 Å². The van der Waals surface area contributed by atoms with E-state index in [1.54, 1.807) is 6.07 Å². The first kappa shape index (κ1) is 15.7. The first-order valence-corrected chi connectivity index (χ1v) is 8.80. The van der Waals surface area contributed by atoms with Crippen LogP contribution in [0.15, 0.2) is 45.4 Å². The number of azide groups is 1. The van der Waals surface area contributed by atoms with E-state index in [4.69, 9.17) is 5.53 Å². The van der Waals surface area contributed by atoms with Gasteiger partial charge in [0, 0.05) is 11.5 Å². The molecule has 0 amide bonds. The molecule has 9 heteroatoms. The molecule has 2 rings (SSSR count). The van der Waals surface area contributed by atoms with E-state index < -0.39 is 21.0 Å². The SMILES string of the molecule is CC1=C(C)CS(=O)N(S(=O)(=O)c2ccccc2N=[N+]=[N-])C1. The Morgan fingerprint density at radius 1 is 1.29 bits per heavy atom. The largest absolute Gasteiger partial charge is 0.255 e. The van der Waals surface area contributed by atoms with Gasteiger partial charge in [0.25, 0.3) is 10.0 Å². The van der Waals surface area contributed by atoms with Gasteiger partial charge in [-0.3, -0.25) is 0 Å². The predicted octanol–water partition coefficient (Wildman–Crippen LogP) is 2.63. The smallest absolute Gasteiger partial charge is 0.241 e. The first-order chi connectivity index (χ1) is 9.87. The summed E-state index contributed by atoms with van der Waals surface area (Å²) in [7, 11) is -5.64. The van der Waals surface area contributed by atoms with Crippen molar-refractivity contribution in [2.24, 2.45) is 5.11 Å². The average molecular weight is 326 g/mol. The number of hydrogen-bond donors (Lipinski definition) is 0. The molecule has 1 aliphatic heterocycles. The van der Waals surface area contributed by atoms with E-state index in [0.29, 0.717) is 0 Å². The van der Waals surface area contributed by atoms with E-state index in [1.165, 1.54) is 18.2 Å². The van der Waals surface area contributed by atoms with Crippen LogP contribution in [-0.4, -0.2) is 28.6 Å². The standard InChI is InChI=1S/C12H14N4O3S2/c1-9-7-16(20(17)8-10(9)2)21(18,19)12-6-4-3-5-11(12)14-15-13/h3-6H,7-8H2,1-2H3. The van der Waals surface area contributed by atoms with Crippen LogP contribution in [0.5, 0.6) is 0 Å². The third kappa shape index (κ3) is 3.01. The fraction of sp³-hybridized carbons (Fsp3) is 0.333. The lowest BCUT2D eigenvalue weighted by molar-refractivity contribution is 0.538. The highest BCUT2D eigenvalue weighted by atomic mass is 32.3. The number of sulfonamides is 1. The van der Waals surface area contributed by atoms with Gasteiger partial charge >= 0.3 is 0 Å². The summed E-state index contributed by atoms with van der Waals surface area (Å²) in [6.45, 7) is 3.73. The summed E-state index contributed by atoms with van der Waals surface area (Å²) >= 11 is 0. The normalized spacial score (nSPS) is 20.2. The molecular formula is C12H14N4O3S2. The maximum Gasteiger partial charge on any atom is 0.255 e. The van der Waals surface area contributed by atoms with Crippen LogP contribution < -0.4 is 0 Å². The summed E-state index contributed by atoms with van der Waals surface area (Å²) < 4.78 is 38.5. The van der Waals surface area contributed by atoms with Gasteiger partial charge in [-0.15, -0.1) is 3.71 Å². The van der Waals surface area contributed by atoms with Crippen LogP contribution in [0.3, 0.4) is 0 Å². The summed E-state index contributed by atoms with van der Waals surface area (Å²) in [5.74, 6) is 0.189. The topological polar surface area (TPSA) is 103 Å². The minimum Gasteiger partial charge on any atom is -0.241 e. The molecular weight excluding hydrogens is 312 g/mol. The summed E-state index contributed by atoms with van der Waals surface area (Å²) in [4.78, 5) is 2.49. The molecule has 1 aromatic carbocycles. The van der Waals surface area contributed by atoms with Crippen LogP contribution >= 0.6 is 0 Å². The Hall–Kier alpha value is -1.67. The molecule has 1 aliphatic rings. The molecule has 1 atom stereocenters. The molecule has 1 aromatic rings. The van der Waals surface area contributed by atoms with Crippen molar-refractivity contribution in [1.29, 1.82) is 0 Å². The van der Waals surface area contributed by atoms with Crippen molar-refractivity contribution in [2.45, 2.75) is 18.7 Å². The lowest BCUT2D eigenvalue weighted by atomic mass is 10.2. The third-order valence-electron chi connectivity index (χ3n) is 3.23. The van der Waals surface area contributed by atoms with Gasteiger partial charge in [0.1, 0.15) is 11.0 Å². The fourth-order valence-corrected chi connectivity index (χ4v) is 5.47. The second kappa shape index (κ2) is 5.98. The third-order valence-corrected chi connectivity index (χ3v) is 7.14. The van der Waals surface area contributed by atoms with E-state index in [1.807, 2.05) is 13.8 Å². The van der Waals surface area contributed by atoms with Gasteiger partial charge in [-0.2, -0.15) is 0 Å². The van der Waals surface area contributed by atoms with Crippen molar-refractivity contribution in [3.05, 3.63) is 45.9 Å². The van der Waals surface area contributed by atoms with Gasteiger partial charge in [0.2, 0.25) is 0 Å². The van der Waals surface area contributed by atoms with Gasteiger partial charge < -0.3 is 0 Å². The Bertz CT molecular complexity index is 779. The van der Waals surface area contributed by atoms with Gasteiger partial charge in [-0.25, -0.2) is 12.6 Å². The Morgan fingerprint density at radius 3 is 2.62 bits per heavy atom. The molecule has 0 spiro atoms. The van der Waals surface area contributed by atoms with Crippen LogP contribution in [0.25, 0.3) is 10.4 Å². The minimum absolute atomic E-state index is 0.000859. The monoisotopic (exact) mass is 326 g/mol. The van der Waals surface area contributed by atoms with Crippen molar-refractivity contribution < 1.29 is 12.6 Å². The number of nitrogens with zero attached hydrogens (tertiary/aromatic N) is 4. The van der Waals surface area contributed by atoms with Crippen LogP contribution in [0.1, 0.15) is 13.8 Å². The van der Waals surface area contributed by atoms with E-state index in [-0.39, 0.29) is 22.9 Å². The molecule has 112 valence electrons. The lowest BCUT2D eigenvalue weighted by Crippen LogP contribution is -2.39. The molecule has 0 radical (unpaired) electrons. The van der Waals surface area contributed by atoms with Gasteiger partial charge in [-0.1, -0.05) is 34.5 Å². The van der Waals surface area contributed by atoms with E-state index in [0.717, 1.165) is 14.9 Å². The molecule has 1 heterocycles. The highest BCUT2D eigenvalue weighted by molar-refractivity contribution is 8.01. The molecule has 0 fully saturated rings. The average Bonchev–Trinajstić information content (AvgIpc) is 2.43. The van der Waals surface area contributed by atoms with E-state index >= 15 is 0 Å². The van der Waals surface area contributed by atoms with Crippen molar-refractivity contribution in [3.8, 4) is 0 Å². The van der Waals surface area contributed by atoms with Gasteiger partial charge in [0.15, 0.2) is 0 Å². The second-order valence-electron chi connectivity index (χ2n) is 4.65. The molecule has 0 saturated heterocycles. The summed E-state index contributed by atoms with van der Waals surface area (Å²) in [5.41, 5.74) is 10.3. The van der Waals surface area contributed by atoms with E-state index in [2.05, 4.69) is 10.0 Å². The zero-order chi connectivity index (χ0) is 15.6. The number of hydrogen-bond acceptors (Lipinski definition) is 4. The second-order valence-corrected chi connectivity index (χ2v) is 8.08. The zero-order valence-corrected chi connectivity index (χ0v) is 13.2. The maximum atomic E-state index is 12.7. The Labute approximate surface area is 125 Å². The minimum atomic E-state index is -3.99. The number of rotatable bonds is 3. The molecule has 0 aromatic heterocycles. The number of benzene rings is 1. The first-order valence-electron chi connectivity index (χ1n) is 6.08. The van der Waals surface area contributed by atoms with E-state index in [9.17, 15) is 12.6 Å². The summed E-state index contributed by atoms with van der Waals surface area (Å²) in [6, 6.07) is 5.86. The van der Waals surface area contributed by atoms with Crippen LogP contribution in [0, 0.1) is 0 Å². The fourth-order valence-electron chi connectivity index (χ4n) is 1.89. The molecule has 0 saturated carbocycles. The molecule has 21 heavy (non-hydrogen) atoms. The van der Waals surface area contributed by atoms with Crippen molar-refractivity contribution in [1.82, 2.24) is 3.71 Å².